The van der Waals surface area contributed by atoms with Gasteiger partial charge < -0.3 is 9.05 Å². The van der Waals surface area contributed by atoms with Crippen LogP contribution < -0.4 is 5.32 Å². The summed E-state index contributed by atoms with van der Waals surface area (Å²) in [7, 11) is 0. The highest BCUT2D eigenvalue weighted by Gasteiger charge is 2.31. The molecule has 0 aromatic carbocycles. The number of anilines is 1. The molecule has 3 heterocycles. The third kappa shape index (κ3) is 3.10. The molecule has 1 aliphatic rings. The van der Waals surface area contributed by atoms with Crippen LogP contribution >= 0.6 is 0 Å². The van der Waals surface area contributed by atoms with Crippen molar-refractivity contribution in [3.8, 4) is 0 Å². The Morgan fingerprint density at radius 2 is 2.29 bits per heavy atom. The van der Waals surface area contributed by atoms with Crippen LogP contribution in [0.4, 0.5) is 5.88 Å². The summed E-state index contributed by atoms with van der Waals surface area (Å²) in [4.78, 5) is 18.4. The van der Waals surface area contributed by atoms with Gasteiger partial charge in [0.05, 0.1) is 18.3 Å². The fourth-order valence-corrected chi connectivity index (χ4v) is 2.54. The van der Waals surface area contributed by atoms with E-state index in [4.69, 9.17) is 9.05 Å². The quantitative estimate of drug-likeness (QED) is 0.910. The Labute approximate surface area is 121 Å². The van der Waals surface area contributed by atoms with Crippen molar-refractivity contribution >= 4 is 11.8 Å². The molecule has 2 aromatic heterocycles. The fraction of sp³-hybridized carbons (Fsp3) is 0.538. The van der Waals surface area contributed by atoms with Gasteiger partial charge in [0.1, 0.15) is 0 Å². The first kappa shape index (κ1) is 13.7. The van der Waals surface area contributed by atoms with E-state index in [-0.39, 0.29) is 18.5 Å². The standard InChI is InChI=1S/C13H17N5O3/c1-8-6-12(21-16-8)15-11(19)7-18-5-3-4-10(18)13-14-9(2)20-17-13/h6,10H,3-5,7H2,1-2H3,(H,15,19)/t10-/m1/s1. The van der Waals surface area contributed by atoms with E-state index in [9.17, 15) is 4.79 Å². The summed E-state index contributed by atoms with van der Waals surface area (Å²) < 4.78 is 9.99. The second-order valence-electron chi connectivity index (χ2n) is 5.18. The average Bonchev–Trinajstić information content (AvgIpc) is 3.12. The molecule has 1 aliphatic heterocycles. The molecule has 112 valence electrons. The molecule has 0 bridgehead atoms. The van der Waals surface area contributed by atoms with Crippen molar-refractivity contribution in [3.63, 3.8) is 0 Å². The molecule has 0 spiro atoms. The van der Waals surface area contributed by atoms with Gasteiger partial charge in [-0.2, -0.15) is 4.98 Å². The highest BCUT2D eigenvalue weighted by Crippen LogP contribution is 2.29. The maximum Gasteiger partial charge on any atom is 0.240 e. The third-order valence-electron chi connectivity index (χ3n) is 3.44. The first-order chi connectivity index (χ1) is 10.1. The van der Waals surface area contributed by atoms with E-state index in [1.807, 2.05) is 4.90 Å². The Kier molecular flexibility index (Phi) is 3.70. The number of aromatic nitrogens is 3. The van der Waals surface area contributed by atoms with Gasteiger partial charge in [-0.1, -0.05) is 10.3 Å². The SMILES string of the molecule is Cc1cc(NC(=O)CN2CCC[C@@H]2c2noc(C)n2)on1. The summed E-state index contributed by atoms with van der Waals surface area (Å²) >= 11 is 0. The highest BCUT2D eigenvalue weighted by atomic mass is 16.5. The molecule has 1 saturated heterocycles. The van der Waals surface area contributed by atoms with Crippen LogP contribution in [0, 0.1) is 13.8 Å². The first-order valence-electron chi connectivity index (χ1n) is 6.89. The maximum atomic E-state index is 12.1. The van der Waals surface area contributed by atoms with Gasteiger partial charge in [0, 0.05) is 13.0 Å². The minimum Gasteiger partial charge on any atom is -0.340 e. The van der Waals surface area contributed by atoms with Gasteiger partial charge in [0.25, 0.3) is 0 Å². The molecule has 0 radical (unpaired) electrons. The molecule has 0 saturated carbocycles. The Hall–Kier alpha value is -2.22. The summed E-state index contributed by atoms with van der Waals surface area (Å²) in [5, 5.41) is 10.4. The smallest absolute Gasteiger partial charge is 0.240 e. The first-order valence-corrected chi connectivity index (χ1v) is 6.89. The largest absolute Gasteiger partial charge is 0.340 e. The summed E-state index contributed by atoms with van der Waals surface area (Å²) in [6.45, 7) is 4.65. The Bertz CT molecular complexity index is 635. The van der Waals surface area contributed by atoms with Crippen molar-refractivity contribution in [2.24, 2.45) is 0 Å². The van der Waals surface area contributed by atoms with Crippen molar-refractivity contribution in [1.82, 2.24) is 20.2 Å². The van der Waals surface area contributed by atoms with Gasteiger partial charge >= 0.3 is 0 Å². The molecule has 1 amide bonds. The lowest BCUT2D eigenvalue weighted by Crippen LogP contribution is -2.33. The normalized spacial score (nSPS) is 19.0. The Morgan fingerprint density at radius 3 is 2.95 bits per heavy atom. The summed E-state index contributed by atoms with van der Waals surface area (Å²) in [6.07, 6.45) is 1.93. The van der Waals surface area contributed by atoms with Crippen LogP contribution in [0.1, 0.15) is 36.3 Å². The molecule has 1 N–H and O–H groups in total. The van der Waals surface area contributed by atoms with Gasteiger partial charge in [-0.15, -0.1) is 0 Å². The third-order valence-corrected chi connectivity index (χ3v) is 3.44. The number of rotatable bonds is 4. The van der Waals surface area contributed by atoms with Gasteiger partial charge in [-0.05, 0) is 26.3 Å². The van der Waals surface area contributed by atoms with Crippen LogP contribution in [-0.2, 0) is 4.79 Å². The van der Waals surface area contributed by atoms with Crippen molar-refractivity contribution in [3.05, 3.63) is 23.5 Å². The number of carbonyl (C=O) groups is 1. The molecule has 0 aliphatic carbocycles. The van der Waals surface area contributed by atoms with Crippen LogP contribution in [0.15, 0.2) is 15.1 Å². The molecule has 21 heavy (non-hydrogen) atoms. The zero-order valence-electron chi connectivity index (χ0n) is 12.0. The topological polar surface area (TPSA) is 97.3 Å². The molecule has 8 heteroatoms. The van der Waals surface area contributed by atoms with Crippen LogP contribution in [0.2, 0.25) is 0 Å². The number of carbonyl (C=O) groups excluding carboxylic acids is 1. The van der Waals surface area contributed by atoms with E-state index in [0.717, 1.165) is 25.1 Å². The van der Waals surface area contributed by atoms with E-state index in [2.05, 4.69) is 20.6 Å². The highest BCUT2D eigenvalue weighted by molar-refractivity contribution is 5.91. The number of nitrogens with zero attached hydrogens (tertiary/aromatic N) is 4. The molecule has 1 atom stereocenters. The van der Waals surface area contributed by atoms with Crippen molar-refractivity contribution in [2.75, 3.05) is 18.4 Å². The van der Waals surface area contributed by atoms with E-state index < -0.39 is 0 Å². The Morgan fingerprint density at radius 1 is 1.43 bits per heavy atom. The lowest BCUT2D eigenvalue weighted by molar-refractivity contribution is -0.117. The lowest BCUT2D eigenvalue weighted by Gasteiger charge is -2.20. The number of aryl methyl sites for hydroxylation is 2. The number of amides is 1. The second kappa shape index (κ2) is 5.65. The van der Waals surface area contributed by atoms with Crippen LogP contribution in [0.5, 0.6) is 0 Å². The summed E-state index contributed by atoms with van der Waals surface area (Å²) in [6, 6.07) is 1.71. The monoisotopic (exact) mass is 291 g/mol. The molecular formula is C13H17N5O3. The van der Waals surface area contributed by atoms with Crippen LogP contribution in [-0.4, -0.2) is 39.2 Å². The molecular weight excluding hydrogens is 274 g/mol. The van der Waals surface area contributed by atoms with E-state index in [1.165, 1.54) is 0 Å². The second-order valence-corrected chi connectivity index (χ2v) is 5.18. The van der Waals surface area contributed by atoms with E-state index >= 15 is 0 Å². The van der Waals surface area contributed by atoms with Gasteiger partial charge in [0.2, 0.25) is 17.7 Å². The van der Waals surface area contributed by atoms with E-state index in [0.29, 0.717) is 17.6 Å². The van der Waals surface area contributed by atoms with Crippen molar-refractivity contribution in [1.29, 1.82) is 0 Å². The molecule has 8 nitrogen and oxygen atoms in total. The summed E-state index contributed by atoms with van der Waals surface area (Å²) in [5.41, 5.74) is 0.728. The molecule has 3 rings (SSSR count). The average molecular weight is 291 g/mol. The number of hydrogen-bond acceptors (Lipinski definition) is 7. The maximum absolute atomic E-state index is 12.1. The van der Waals surface area contributed by atoms with Crippen LogP contribution in [0.25, 0.3) is 0 Å². The zero-order valence-corrected chi connectivity index (χ0v) is 12.0. The molecule has 1 fully saturated rings. The minimum absolute atomic E-state index is 0.0321. The predicted octanol–water partition coefficient (Wildman–Crippen LogP) is 1.45. The fourth-order valence-electron chi connectivity index (χ4n) is 2.54. The van der Waals surface area contributed by atoms with Gasteiger partial charge in [0.15, 0.2) is 5.82 Å². The summed E-state index contributed by atoms with van der Waals surface area (Å²) in [5.74, 6) is 1.41. The number of nitrogens with one attached hydrogen (secondary N) is 1. The Balaban J connectivity index is 1.62. The van der Waals surface area contributed by atoms with Crippen molar-refractivity contribution in [2.45, 2.75) is 32.7 Å². The zero-order chi connectivity index (χ0) is 14.8. The number of likely N-dealkylation sites (tertiary alicyclic amines) is 1. The van der Waals surface area contributed by atoms with E-state index in [1.54, 1.807) is 19.9 Å². The molecule has 0 unspecified atom stereocenters. The van der Waals surface area contributed by atoms with Crippen molar-refractivity contribution < 1.29 is 13.8 Å². The van der Waals surface area contributed by atoms with Gasteiger partial charge in [-0.25, -0.2) is 0 Å². The van der Waals surface area contributed by atoms with Gasteiger partial charge in [-0.3, -0.25) is 15.0 Å². The predicted molar refractivity (Wildman–Crippen MR) is 72.5 cm³/mol. The number of hydrogen-bond donors (Lipinski definition) is 1. The lowest BCUT2D eigenvalue weighted by atomic mass is 10.2. The van der Waals surface area contributed by atoms with Crippen LogP contribution in [0.3, 0.4) is 0 Å². The molecule has 2 aromatic rings. The minimum atomic E-state index is -0.140.